The number of aromatic amines is 1. The minimum atomic E-state index is -5.23. The van der Waals surface area contributed by atoms with E-state index in [0.29, 0.717) is 6.08 Å². The third-order valence-corrected chi connectivity index (χ3v) is 3.51. The number of aromatic nitrogens is 5. The van der Waals surface area contributed by atoms with Crippen molar-refractivity contribution >= 4 is 11.2 Å². The average molecular weight is 409 g/mol. The van der Waals surface area contributed by atoms with Crippen LogP contribution in [-0.2, 0) is 18.3 Å². The van der Waals surface area contributed by atoms with Gasteiger partial charge in [0, 0.05) is 11.8 Å². The van der Waals surface area contributed by atoms with Crippen molar-refractivity contribution in [2.24, 2.45) is 0 Å². The van der Waals surface area contributed by atoms with E-state index in [-0.39, 0.29) is 11.4 Å². The molecule has 3 heterocycles. The van der Waals surface area contributed by atoms with Crippen molar-refractivity contribution in [2.75, 3.05) is 0 Å². The van der Waals surface area contributed by atoms with Crippen molar-refractivity contribution in [2.45, 2.75) is 18.3 Å². The molecule has 0 saturated carbocycles. The molecule has 5 nitrogen and oxygen atoms in total. The van der Waals surface area contributed by atoms with Crippen molar-refractivity contribution < 1.29 is 35.1 Å². The summed E-state index contributed by atoms with van der Waals surface area (Å²) < 4.78 is 105. The quantitative estimate of drug-likeness (QED) is 0.502. The number of nitrogens with one attached hydrogen (secondary N) is 1. The number of H-pyrrole nitrogens is 1. The number of halogens is 8. The van der Waals surface area contributed by atoms with E-state index < -0.39 is 46.7 Å². The van der Waals surface area contributed by atoms with Crippen molar-refractivity contribution in [1.82, 2.24) is 24.9 Å². The molecule has 0 aliphatic heterocycles. The van der Waals surface area contributed by atoms with E-state index in [1.165, 1.54) is 0 Å². The molecule has 0 radical (unpaired) electrons. The number of nitrogens with zero attached hydrogens (tertiary/aromatic N) is 4. The van der Waals surface area contributed by atoms with Crippen LogP contribution in [0.1, 0.15) is 17.2 Å². The molecule has 3 rings (SSSR count). The van der Waals surface area contributed by atoms with E-state index in [4.69, 9.17) is 0 Å². The molecule has 148 valence electrons. The third kappa shape index (κ3) is 3.51. The van der Waals surface area contributed by atoms with Gasteiger partial charge in [-0.3, -0.25) is 4.98 Å². The summed E-state index contributed by atoms with van der Waals surface area (Å²) in [5.74, 6) is -5.80. The van der Waals surface area contributed by atoms with Crippen LogP contribution in [0.5, 0.6) is 0 Å². The van der Waals surface area contributed by atoms with Crippen LogP contribution in [0.2, 0.25) is 0 Å². The van der Waals surface area contributed by atoms with Gasteiger partial charge >= 0.3 is 18.3 Å². The lowest BCUT2D eigenvalue weighted by Crippen LogP contribution is -2.17. The van der Waals surface area contributed by atoms with Gasteiger partial charge in [0.2, 0.25) is 5.82 Å². The fourth-order valence-electron chi connectivity index (χ4n) is 2.20. The second-order valence-corrected chi connectivity index (χ2v) is 5.43. The van der Waals surface area contributed by atoms with Crippen LogP contribution in [0.4, 0.5) is 35.1 Å². The van der Waals surface area contributed by atoms with Crippen molar-refractivity contribution in [3.63, 3.8) is 0 Å². The molecule has 0 saturated heterocycles. The number of allylic oxidation sites excluding steroid dienone is 1. The fourth-order valence-corrected chi connectivity index (χ4v) is 2.20. The van der Waals surface area contributed by atoms with Gasteiger partial charge in [-0.15, -0.1) is 0 Å². The molecule has 0 fully saturated rings. The Bertz CT molecular complexity index is 1030. The van der Waals surface area contributed by atoms with E-state index >= 15 is 0 Å². The van der Waals surface area contributed by atoms with Crippen molar-refractivity contribution in [1.29, 1.82) is 0 Å². The van der Waals surface area contributed by atoms with Crippen molar-refractivity contribution in [3.05, 3.63) is 48.2 Å². The van der Waals surface area contributed by atoms with Gasteiger partial charge in [-0.25, -0.2) is 15.0 Å². The first-order valence-corrected chi connectivity index (χ1v) is 7.23. The van der Waals surface area contributed by atoms with Gasteiger partial charge in [0.15, 0.2) is 11.3 Å². The zero-order valence-electron chi connectivity index (χ0n) is 13.3. The maximum Gasteiger partial charge on any atom is 0.451 e. The van der Waals surface area contributed by atoms with Gasteiger partial charge in [0.1, 0.15) is 17.0 Å². The van der Waals surface area contributed by atoms with Crippen LogP contribution in [0, 0.1) is 0 Å². The lowest BCUT2D eigenvalue weighted by atomic mass is 10.2. The summed E-state index contributed by atoms with van der Waals surface area (Å²) in [7, 11) is 0. The van der Waals surface area contributed by atoms with Crippen LogP contribution in [0.25, 0.3) is 22.6 Å². The Balaban J connectivity index is 2.15. The average Bonchev–Trinajstić information content (AvgIpc) is 3.03. The maximum atomic E-state index is 13.5. The summed E-state index contributed by atoms with van der Waals surface area (Å²) >= 11 is 0. The zero-order valence-corrected chi connectivity index (χ0v) is 13.3. The van der Waals surface area contributed by atoms with Gasteiger partial charge in [-0.1, -0.05) is 6.58 Å². The number of hydrogen-bond donors (Lipinski definition) is 1. The molecular formula is C15H7F8N5. The molecule has 0 aliphatic rings. The molecule has 3 aromatic rings. The summed E-state index contributed by atoms with van der Waals surface area (Å²) in [5.41, 5.74) is -4.35. The van der Waals surface area contributed by atoms with Gasteiger partial charge in [0.25, 0.3) is 0 Å². The van der Waals surface area contributed by atoms with Crippen LogP contribution < -0.4 is 0 Å². The summed E-state index contributed by atoms with van der Waals surface area (Å²) in [5, 5.41) is 0. The minimum absolute atomic E-state index is 0.0525. The van der Waals surface area contributed by atoms with Gasteiger partial charge in [-0.05, 0) is 18.2 Å². The monoisotopic (exact) mass is 409 g/mol. The number of alkyl halides is 8. The summed E-state index contributed by atoms with van der Waals surface area (Å²) in [6, 6.07) is 1.94. The second kappa shape index (κ2) is 6.21. The Hall–Kier alpha value is -3.12. The van der Waals surface area contributed by atoms with Gasteiger partial charge in [-0.2, -0.15) is 35.1 Å². The molecular weight excluding hydrogens is 402 g/mol. The first kappa shape index (κ1) is 19.6. The molecule has 0 atom stereocenters. The number of imidazole rings is 1. The Morgan fingerprint density at radius 3 is 2.07 bits per heavy atom. The molecule has 0 spiro atoms. The molecule has 0 aliphatic carbocycles. The molecule has 28 heavy (non-hydrogen) atoms. The molecule has 3 aromatic heterocycles. The minimum Gasteiger partial charge on any atom is -0.335 e. The largest absolute Gasteiger partial charge is 0.451 e. The van der Waals surface area contributed by atoms with Gasteiger partial charge < -0.3 is 4.98 Å². The first-order valence-electron chi connectivity index (χ1n) is 7.23. The van der Waals surface area contributed by atoms with Crippen molar-refractivity contribution in [3.8, 4) is 11.4 Å². The highest BCUT2D eigenvalue weighted by Crippen LogP contribution is 2.36. The predicted molar refractivity (Wildman–Crippen MR) is 79.0 cm³/mol. The Morgan fingerprint density at radius 1 is 0.893 bits per heavy atom. The summed E-state index contributed by atoms with van der Waals surface area (Å²) in [6.07, 6.45) is -9.23. The van der Waals surface area contributed by atoms with E-state index in [0.717, 1.165) is 18.3 Å². The fraction of sp³-hybridized carbons (Fsp3) is 0.200. The molecule has 1 N–H and O–H groups in total. The van der Waals surface area contributed by atoms with E-state index in [1.54, 1.807) is 0 Å². The highest BCUT2D eigenvalue weighted by molar-refractivity contribution is 5.78. The lowest BCUT2D eigenvalue weighted by molar-refractivity contribution is -0.151. The summed E-state index contributed by atoms with van der Waals surface area (Å²) in [4.78, 5) is 14.8. The third-order valence-electron chi connectivity index (χ3n) is 3.51. The maximum absolute atomic E-state index is 13.5. The van der Waals surface area contributed by atoms with Crippen LogP contribution in [0.15, 0.2) is 31.0 Å². The number of fused-ring (bicyclic) bond motifs is 1. The Kier molecular flexibility index (Phi) is 4.35. The second-order valence-electron chi connectivity index (χ2n) is 5.43. The normalized spacial score (nSPS) is 13.1. The van der Waals surface area contributed by atoms with E-state index in [2.05, 4.69) is 31.5 Å². The van der Waals surface area contributed by atoms with Crippen LogP contribution >= 0.6 is 0 Å². The molecule has 0 amide bonds. The number of rotatable bonds is 3. The highest BCUT2D eigenvalue weighted by atomic mass is 19.4. The van der Waals surface area contributed by atoms with Crippen LogP contribution in [0.3, 0.4) is 0 Å². The SMILES string of the molecule is C=CC(F)(F)c1ccc(-c2nc3nc(C(F)(F)F)nc(C(F)(F)F)c3[nH]2)cn1. The standard InChI is InChI=1S/C15H7F8N5/c1-2-13(16,17)7-4-3-6(5-24-7)10-25-8-9(14(18,19)20)26-12(15(21,22)23)28-11(8)27-10/h2-5H,1H2,(H,25,26,27,28). The highest BCUT2D eigenvalue weighted by Gasteiger charge is 2.42. The smallest absolute Gasteiger partial charge is 0.335 e. The van der Waals surface area contributed by atoms with E-state index in [9.17, 15) is 35.1 Å². The molecule has 13 heteroatoms. The number of hydrogen-bond acceptors (Lipinski definition) is 4. The Morgan fingerprint density at radius 2 is 1.57 bits per heavy atom. The molecule has 0 aromatic carbocycles. The van der Waals surface area contributed by atoms with E-state index in [1.807, 2.05) is 0 Å². The van der Waals surface area contributed by atoms with Gasteiger partial charge in [0.05, 0.1) is 0 Å². The first-order chi connectivity index (χ1) is 12.8. The Labute approximate surface area is 150 Å². The topological polar surface area (TPSA) is 67.3 Å². The zero-order chi connectivity index (χ0) is 20.9. The predicted octanol–water partition coefficient (Wildman–Crippen LogP) is 4.73. The number of pyridine rings is 1. The summed E-state index contributed by atoms with van der Waals surface area (Å²) in [6.45, 7) is 2.96. The lowest BCUT2D eigenvalue weighted by Gasteiger charge is -2.10. The molecule has 0 unspecified atom stereocenters. The molecule has 0 bridgehead atoms. The van der Waals surface area contributed by atoms with Crippen LogP contribution in [-0.4, -0.2) is 24.9 Å².